The Hall–Kier alpha value is -3.11. The molecule has 3 aromatic rings. The van der Waals surface area contributed by atoms with E-state index in [9.17, 15) is 10.4 Å². The minimum absolute atomic E-state index is 0.123. The van der Waals surface area contributed by atoms with Crippen molar-refractivity contribution in [2.24, 2.45) is 5.92 Å². The molecule has 0 bridgehead atoms. The molecule has 3 unspecified atom stereocenters. The number of fused-ring (bicyclic) bond motifs is 1. The van der Waals surface area contributed by atoms with E-state index in [-0.39, 0.29) is 12.0 Å². The van der Waals surface area contributed by atoms with Crippen LogP contribution < -0.4 is 10.5 Å². The molecule has 1 aromatic carbocycles. The lowest BCUT2D eigenvalue weighted by molar-refractivity contribution is 0.0876. The molecule has 3 atom stereocenters. The number of aromatic nitrogens is 3. The van der Waals surface area contributed by atoms with E-state index in [2.05, 4.69) is 16.2 Å². The fourth-order valence-corrected chi connectivity index (χ4v) is 3.74. The standard InChI is InChI=1S/C20H21N5O2/c21-11-14-10-15(26)6-7-16(14)25-17-8-9-23-20(18(17)19(22)24-25)27-12-13-4-2-1-3-5-13/h1-5,8-9,14-16,26H,6-7,10,12H2,(H2,22,24). The zero-order valence-electron chi connectivity index (χ0n) is 14.8. The number of nitrogen functional groups attached to an aromatic ring is 1. The van der Waals surface area contributed by atoms with Crippen LogP contribution in [-0.4, -0.2) is 26.0 Å². The summed E-state index contributed by atoms with van der Waals surface area (Å²) in [5.74, 6) is 0.464. The highest BCUT2D eigenvalue weighted by atomic mass is 16.5. The van der Waals surface area contributed by atoms with Gasteiger partial charge in [-0.15, -0.1) is 0 Å². The molecule has 0 amide bonds. The van der Waals surface area contributed by atoms with E-state index in [1.807, 2.05) is 41.1 Å². The van der Waals surface area contributed by atoms with Gasteiger partial charge < -0.3 is 15.6 Å². The Morgan fingerprint density at radius 1 is 1.26 bits per heavy atom. The molecule has 1 aliphatic rings. The van der Waals surface area contributed by atoms with Crippen LogP contribution in [-0.2, 0) is 6.61 Å². The molecule has 0 radical (unpaired) electrons. The molecule has 4 rings (SSSR count). The fraction of sp³-hybridized carbons (Fsp3) is 0.350. The van der Waals surface area contributed by atoms with Crippen molar-refractivity contribution >= 4 is 16.7 Å². The van der Waals surface area contributed by atoms with E-state index >= 15 is 0 Å². The van der Waals surface area contributed by atoms with Crippen LogP contribution in [0.4, 0.5) is 5.82 Å². The third-order valence-corrected chi connectivity index (χ3v) is 5.10. The van der Waals surface area contributed by atoms with Gasteiger partial charge in [0.1, 0.15) is 12.0 Å². The summed E-state index contributed by atoms with van der Waals surface area (Å²) < 4.78 is 7.71. The van der Waals surface area contributed by atoms with Crippen molar-refractivity contribution in [2.45, 2.75) is 38.0 Å². The van der Waals surface area contributed by atoms with Crippen molar-refractivity contribution in [2.75, 3.05) is 5.73 Å². The number of aliphatic hydroxyl groups is 1. The van der Waals surface area contributed by atoms with E-state index in [0.717, 1.165) is 11.1 Å². The summed E-state index contributed by atoms with van der Waals surface area (Å²) in [6, 6.07) is 13.9. The first-order chi connectivity index (χ1) is 13.2. The monoisotopic (exact) mass is 363 g/mol. The van der Waals surface area contributed by atoms with E-state index in [1.165, 1.54) is 0 Å². The topological polar surface area (TPSA) is 110 Å². The molecule has 7 heteroatoms. The molecule has 2 heterocycles. The summed E-state index contributed by atoms with van der Waals surface area (Å²) in [6.45, 7) is 0.383. The van der Waals surface area contributed by atoms with Crippen LogP contribution in [0.1, 0.15) is 30.9 Å². The Morgan fingerprint density at radius 3 is 2.85 bits per heavy atom. The maximum Gasteiger partial charge on any atom is 0.227 e. The maximum absolute atomic E-state index is 9.88. The highest BCUT2D eigenvalue weighted by Gasteiger charge is 2.33. The first kappa shape index (κ1) is 17.3. The van der Waals surface area contributed by atoms with E-state index in [4.69, 9.17) is 10.5 Å². The van der Waals surface area contributed by atoms with Gasteiger partial charge in [-0.1, -0.05) is 30.3 Å². The van der Waals surface area contributed by atoms with Gasteiger partial charge in [-0.05, 0) is 30.9 Å². The number of rotatable bonds is 4. The summed E-state index contributed by atoms with van der Waals surface area (Å²) in [4.78, 5) is 4.33. The molecular formula is C20H21N5O2. The number of nitriles is 1. The SMILES string of the molecule is N#CC1CC(O)CCC1n1nc(N)c2c(OCc3ccccc3)nccc21. The molecule has 0 saturated heterocycles. The molecule has 3 N–H and O–H groups in total. The van der Waals surface area contributed by atoms with E-state index < -0.39 is 6.10 Å². The van der Waals surface area contributed by atoms with Crippen LogP contribution in [0.25, 0.3) is 10.9 Å². The minimum Gasteiger partial charge on any atom is -0.472 e. The fourth-order valence-electron chi connectivity index (χ4n) is 3.74. The molecule has 2 aromatic heterocycles. The van der Waals surface area contributed by atoms with Crippen molar-refractivity contribution in [3.63, 3.8) is 0 Å². The molecule has 1 fully saturated rings. The smallest absolute Gasteiger partial charge is 0.227 e. The summed E-state index contributed by atoms with van der Waals surface area (Å²) in [7, 11) is 0. The summed E-state index contributed by atoms with van der Waals surface area (Å²) in [5.41, 5.74) is 8.02. The average Bonchev–Trinajstić information content (AvgIpc) is 3.04. The van der Waals surface area contributed by atoms with Gasteiger partial charge in [0.05, 0.1) is 29.6 Å². The first-order valence-corrected chi connectivity index (χ1v) is 9.04. The molecule has 138 valence electrons. The Kier molecular flexibility index (Phi) is 4.65. The van der Waals surface area contributed by atoms with Gasteiger partial charge in [0, 0.05) is 6.20 Å². The highest BCUT2D eigenvalue weighted by Crippen LogP contribution is 2.38. The number of ether oxygens (including phenoxy) is 1. The first-order valence-electron chi connectivity index (χ1n) is 9.04. The Labute approximate surface area is 157 Å². The lowest BCUT2D eigenvalue weighted by Gasteiger charge is -2.30. The van der Waals surface area contributed by atoms with Crippen molar-refractivity contribution in [1.29, 1.82) is 5.26 Å². The quantitative estimate of drug-likeness (QED) is 0.737. The maximum atomic E-state index is 9.88. The number of pyridine rings is 1. The summed E-state index contributed by atoms with van der Waals surface area (Å²) in [5, 5.41) is 24.6. The van der Waals surface area contributed by atoms with Gasteiger partial charge >= 0.3 is 0 Å². The predicted molar refractivity (Wildman–Crippen MR) is 101 cm³/mol. The van der Waals surface area contributed by atoms with Crippen molar-refractivity contribution in [3.8, 4) is 11.9 Å². The summed E-state index contributed by atoms with van der Waals surface area (Å²) in [6.07, 6.45) is 3.01. The zero-order valence-corrected chi connectivity index (χ0v) is 14.8. The molecule has 27 heavy (non-hydrogen) atoms. The van der Waals surface area contributed by atoms with Gasteiger partial charge in [0.25, 0.3) is 0 Å². The number of anilines is 1. The van der Waals surface area contributed by atoms with Crippen LogP contribution in [0.5, 0.6) is 5.88 Å². The Bertz CT molecular complexity index is 979. The average molecular weight is 363 g/mol. The molecule has 1 saturated carbocycles. The number of nitrogens with zero attached hydrogens (tertiary/aromatic N) is 4. The van der Waals surface area contributed by atoms with Crippen LogP contribution in [0.15, 0.2) is 42.6 Å². The van der Waals surface area contributed by atoms with Gasteiger partial charge in [-0.2, -0.15) is 10.4 Å². The molecule has 0 aliphatic heterocycles. The van der Waals surface area contributed by atoms with Crippen molar-refractivity contribution in [3.05, 3.63) is 48.2 Å². The van der Waals surface area contributed by atoms with Gasteiger partial charge in [0.15, 0.2) is 5.82 Å². The number of hydrogen-bond donors (Lipinski definition) is 2. The molecule has 1 aliphatic carbocycles. The predicted octanol–water partition coefficient (Wildman–Crippen LogP) is 2.82. The van der Waals surface area contributed by atoms with Gasteiger partial charge in [0.2, 0.25) is 5.88 Å². The van der Waals surface area contributed by atoms with E-state index in [0.29, 0.717) is 43.0 Å². The van der Waals surface area contributed by atoms with Gasteiger partial charge in [-0.25, -0.2) is 4.98 Å². The molecule has 7 nitrogen and oxygen atoms in total. The number of nitrogens with two attached hydrogens (primary N) is 1. The Balaban J connectivity index is 1.68. The highest BCUT2D eigenvalue weighted by molar-refractivity contribution is 5.93. The summed E-state index contributed by atoms with van der Waals surface area (Å²) >= 11 is 0. The van der Waals surface area contributed by atoms with Crippen LogP contribution in [0.2, 0.25) is 0 Å². The third kappa shape index (κ3) is 3.32. The van der Waals surface area contributed by atoms with Crippen molar-refractivity contribution < 1.29 is 9.84 Å². The van der Waals surface area contributed by atoms with Crippen LogP contribution in [0, 0.1) is 17.2 Å². The normalized spacial score (nSPS) is 22.4. The second-order valence-electron chi connectivity index (χ2n) is 6.88. The van der Waals surface area contributed by atoms with Crippen molar-refractivity contribution in [1.82, 2.24) is 14.8 Å². The second kappa shape index (κ2) is 7.25. The Morgan fingerprint density at radius 2 is 2.07 bits per heavy atom. The van der Waals surface area contributed by atoms with Crippen LogP contribution >= 0.6 is 0 Å². The molecular weight excluding hydrogens is 342 g/mol. The largest absolute Gasteiger partial charge is 0.472 e. The number of benzene rings is 1. The zero-order chi connectivity index (χ0) is 18.8. The van der Waals surface area contributed by atoms with Crippen LogP contribution in [0.3, 0.4) is 0 Å². The number of aliphatic hydroxyl groups excluding tert-OH is 1. The lowest BCUT2D eigenvalue weighted by atomic mass is 9.84. The molecule has 0 spiro atoms. The second-order valence-corrected chi connectivity index (χ2v) is 6.88. The number of hydrogen-bond acceptors (Lipinski definition) is 6. The van der Waals surface area contributed by atoms with E-state index in [1.54, 1.807) is 6.20 Å². The minimum atomic E-state index is -0.434. The van der Waals surface area contributed by atoms with Gasteiger partial charge in [-0.3, -0.25) is 4.68 Å². The lowest BCUT2D eigenvalue weighted by Crippen LogP contribution is -2.29. The third-order valence-electron chi connectivity index (χ3n) is 5.10.